The Hall–Kier alpha value is -0.800. The topological polar surface area (TPSA) is 26.2 Å². The molecule has 17 heavy (non-hydrogen) atoms. The Morgan fingerprint density at radius 2 is 2.00 bits per heavy atom. The number of ether oxygens (including phenoxy) is 1. The van der Waals surface area contributed by atoms with Crippen molar-refractivity contribution in [2.24, 2.45) is 0 Å². The third-order valence-corrected chi connectivity index (χ3v) is 3.26. The summed E-state index contributed by atoms with van der Waals surface area (Å²) in [6.07, 6.45) is 0. The van der Waals surface area contributed by atoms with Crippen LogP contribution in [-0.4, -0.2) is 23.8 Å². The molecule has 0 radical (unpaired) electrons. The van der Waals surface area contributed by atoms with Crippen molar-refractivity contribution < 1.29 is 4.74 Å². The van der Waals surface area contributed by atoms with Crippen LogP contribution in [0.5, 0.6) is 0 Å². The SMILES string of the molecule is CCn1c(C)cc(CNC(C)(C)COC)c1C. The van der Waals surface area contributed by atoms with Gasteiger partial charge < -0.3 is 14.6 Å². The largest absolute Gasteiger partial charge is 0.383 e. The lowest BCUT2D eigenvalue weighted by molar-refractivity contribution is 0.127. The van der Waals surface area contributed by atoms with E-state index < -0.39 is 0 Å². The lowest BCUT2D eigenvalue weighted by Crippen LogP contribution is -2.42. The maximum absolute atomic E-state index is 5.21. The Bertz CT molecular complexity index is 367. The van der Waals surface area contributed by atoms with Crippen molar-refractivity contribution in [3.05, 3.63) is 23.0 Å². The number of hydrogen-bond acceptors (Lipinski definition) is 2. The van der Waals surface area contributed by atoms with E-state index in [1.165, 1.54) is 17.0 Å². The van der Waals surface area contributed by atoms with Gasteiger partial charge in [0.05, 0.1) is 6.61 Å². The molecule has 0 amide bonds. The average Bonchev–Trinajstić information content (AvgIpc) is 2.51. The molecule has 0 aliphatic heterocycles. The summed E-state index contributed by atoms with van der Waals surface area (Å²) in [4.78, 5) is 0. The maximum Gasteiger partial charge on any atom is 0.0639 e. The first-order valence-corrected chi connectivity index (χ1v) is 6.31. The van der Waals surface area contributed by atoms with Crippen LogP contribution in [0.25, 0.3) is 0 Å². The van der Waals surface area contributed by atoms with Crippen molar-refractivity contribution in [3.8, 4) is 0 Å². The first-order chi connectivity index (χ1) is 7.91. The van der Waals surface area contributed by atoms with E-state index in [0.29, 0.717) is 0 Å². The van der Waals surface area contributed by atoms with Crippen molar-refractivity contribution in [3.63, 3.8) is 0 Å². The zero-order chi connectivity index (χ0) is 13.1. The lowest BCUT2D eigenvalue weighted by atomic mass is 10.1. The zero-order valence-corrected chi connectivity index (χ0v) is 12.1. The van der Waals surface area contributed by atoms with Crippen molar-refractivity contribution >= 4 is 0 Å². The fourth-order valence-corrected chi connectivity index (χ4v) is 2.28. The molecular weight excluding hydrogens is 212 g/mol. The molecule has 0 saturated carbocycles. The van der Waals surface area contributed by atoms with Gasteiger partial charge in [0, 0.05) is 37.1 Å². The molecule has 98 valence electrons. The van der Waals surface area contributed by atoms with Gasteiger partial charge in [-0.2, -0.15) is 0 Å². The van der Waals surface area contributed by atoms with Gasteiger partial charge in [-0.15, -0.1) is 0 Å². The number of rotatable bonds is 6. The number of hydrogen-bond donors (Lipinski definition) is 1. The molecule has 0 fully saturated rings. The molecule has 1 aromatic heterocycles. The Labute approximate surface area is 105 Å². The second-order valence-electron chi connectivity index (χ2n) is 5.31. The number of nitrogens with zero attached hydrogens (tertiary/aromatic N) is 1. The van der Waals surface area contributed by atoms with Crippen LogP contribution in [-0.2, 0) is 17.8 Å². The van der Waals surface area contributed by atoms with Gasteiger partial charge in [-0.3, -0.25) is 0 Å². The van der Waals surface area contributed by atoms with E-state index in [-0.39, 0.29) is 5.54 Å². The summed E-state index contributed by atoms with van der Waals surface area (Å²) in [6.45, 7) is 13.5. The molecule has 1 aromatic rings. The summed E-state index contributed by atoms with van der Waals surface area (Å²) in [6, 6.07) is 2.27. The van der Waals surface area contributed by atoms with Crippen molar-refractivity contribution in [2.75, 3.05) is 13.7 Å². The van der Waals surface area contributed by atoms with E-state index in [1.807, 2.05) is 0 Å². The van der Waals surface area contributed by atoms with Crippen molar-refractivity contribution in [2.45, 2.75) is 53.2 Å². The number of aromatic nitrogens is 1. The normalized spacial score (nSPS) is 12.1. The lowest BCUT2D eigenvalue weighted by Gasteiger charge is -2.25. The molecule has 0 atom stereocenters. The molecule has 3 heteroatoms. The molecule has 0 aliphatic rings. The molecule has 0 unspecified atom stereocenters. The van der Waals surface area contributed by atoms with Crippen LogP contribution in [0.4, 0.5) is 0 Å². The highest BCUT2D eigenvalue weighted by Crippen LogP contribution is 2.16. The molecule has 0 spiro atoms. The molecule has 0 aliphatic carbocycles. The summed E-state index contributed by atoms with van der Waals surface area (Å²) in [5, 5.41) is 3.54. The Morgan fingerprint density at radius 3 is 2.47 bits per heavy atom. The van der Waals surface area contributed by atoms with E-state index in [0.717, 1.165) is 19.7 Å². The van der Waals surface area contributed by atoms with E-state index in [4.69, 9.17) is 4.74 Å². The van der Waals surface area contributed by atoms with Gasteiger partial charge in [0.1, 0.15) is 0 Å². The standard InChI is InChI=1S/C14H26N2O/c1-7-16-11(2)8-13(12(16)3)9-15-14(4,5)10-17-6/h8,15H,7,9-10H2,1-6H3. The van der Waals surface area contributed by atoms with Crippen LogP contribution in [0.3, 0.4) is 0 Å². The predicted octanol–water partition coefficient (Wildman–Crippen LogP) is 2.64. The molecule has 1 rings (SSSR count). The van der Waals surface area contributed by atoms with Crippen LogP contribution in [0.15, 0.2) is 6.07 Å². The van der Waals surface area contributed by atoms with Crippen LogP contribution >= 0.6 is 0 Å². The van der Waals surface area contributed by atoms with Gasteiger partial charge in [-0.1, -0.05) is 0 Å². The highest BCUT2D eigenvalue weighted by Gasteiger charge is 2.17. The molecule has 3 nitrogen and oxygen atoms in total. The molecule has 0 bridgehead atoms. The summed E-state index contributed by atoms with van der Waals surface area (Å²) < 4.78 is 7.56. The van der Waals surface area contributed by atoms with Crippen LogP contribution < -0.4 is 5.32 Å². The third kappa shape index (κ3) is 3.58. The zero-order valence-electron chi connectivity index (χ0n) is 12.1. The van der Waals surface area contributed by atoms with Crippen molar-refractivity contribution in [1.29, 1.82) is 0 Å². The van der Waals surface area contributed by atoms with Crippen LogP contribution in [0.1, 0.15) is 37.7 Å². The van der Waals surface area contributed by atoms with Crippen LogP contribution in [0.2, 0.25) is 0 Å². The van der Waals surface area contributed by atoms with Gasteiger partial charge in [-0.05, 0) is 46.2 Å². The quantitative estimate of drug-likeness (QED) is 0.824. The minimum absolute atomic E-state index is 0.0173. The molecule has 1 heterocycles. The fraction of sp³-hybridized carbons (Fsp3) is 0.714. The van der Waals surface area contributed by atoms with Crippen molar-refractivity contribution in [1.82, 2.24) is 9.88 Å². The fourth-order valence-electron chi connectivity index (χ4n) is 2.28. The highest BCUT2D eigenvalue weighted by atomic mass is 16.5. The van der Waals surface area contributed by atoms with Gasteiger partial charge in [0.2, 0.25) is 0 Å². The van der Waals surface area contributed by atoms with E-state index >= 15 is 0 Å². The summed E-state index contributed by atoms with van der Waals surface area (Å²) in [5.74, 6) is 0. The second kappa shape index (κ2) is 5.69. The predicted molar refractivity (Wildman–Crippen MR) is 72.4 cm³/mol. The number of methoxy groups -OCH3 is 1. The third-order valence-electron chi connectivity index (χ3n) is 3.26. The van der Waals surface area contributed by atoms with Gasteiger partial charge in [-0.25, -0.2) is 0 Å². The van der Waals surface area contributed by atoms with Gasteiger partial charge in [0.25, 0.3) is 0 Å². The molecule has 1 N–H and O–H groups in total. The Morgan fingerprint density at radius 1 is 1.35 bits per heavy atom. The highest BCUT2D eigenvalue weighted by molar-refractivity contribution is 5.26. The summed E-state index contributed by atoms with van der Waals surface area (Å²) in [5.41, 5.74) is 4.11. The van der Waals surface area contributed by atoms with E-state index in [2.05, 4.69) is 50.6 Å². The number of aryl methyl sites for hydroxylation is 1. The number of nitrogens with one attached hydrogen (secondary N) is 1. The minimum atomic E-state index is 0.0173. The average molecular weight is 238 g/mol. The smallest absolute Gasteiger partial charge is 0.0639 e. The molecule has 0 aromatic carbocycles. The minimum Gasteiger partial charge on any atom is -0.383 e. The molecular formula is C14H26N2O. The van der Waals surface area contributed by atoms with Gasteiger partial charge >= 0.3 is 0 Å². The van der Waals surface area contributed by atoms with E-state index in [1.54, 1.807) is 7.11 Å². The first kappa shape index (κ1) is 14.3. The Balaban J connectivity index is 2.70. The van der Waals surface area contributed by atoms with E-state index in [9.17, 15) is 0 Å². The summed E-state index contributed by atoms with van der Waals surface area (Å²) in [7, 11) is 1.74. The van der Waals surface area contributed by atoms with Crippen LogP contribution in [0, 0.1) is 13.8 Å². The summed E-state index contributed by atoms with van der Waals surface area (Å²) >= 11 is 0. The van der Waals surface area contributed by atoms with Gasteiger partial charge in [0.15, 0.2) is 0 Å². The monoisotopic (exact) mass is 238 g/mol. The first-order valence-electron chi connectivity index (χ1n) is 6.31. The second-order valence-corrected chi connectivity index (χ2v) is 5.31. The maximum atomic E-state index is 5.21. The molecule has 0 saturated heterocycles. The Kier molecular flexibility index (Phi) is 4.78.